The largest absolute Gasteiger partial charge is 0.392 e. The SMILES string of the molecule is Cn1cc(-c2ccnc(N3CCn4c(cc5c4CC(C)(C)C5)C3=O)c2CO)nc(Nc2cccc(NC/C(C#N)=C/C(C)(C)N3CCN(C4COC4)CC3)c2)c1=O. The number of aromatic nitrogens is 4. The van der Waals surface area contributed by atoms with Crippen molar-refractivity contribution in [1.82, 2.24) is 28.9 Å². The number of hydrogen-bond donors (Lipinski definition) is 3. The van der Waals surface area contributed by atoms with Crippen molar-refractivity contribution in [3.05, 3.63) is 93.3 Å². The molecule has 4 aliphatic rings. The Hall–Kier alpha value is -5.33. The number of aliphatic hydroxyl groups excluding tert-OH is 1. The van der Waals surface area contributed by atoms with Gasteiger partial charge in [-0.1, -0.05) is 19.9 Å². The number of nitriles is 1. The van der Waals surface area contributed by atoms with Crippen molar-refractivity contribution >= 4 is 28.9 Å². The molecule has 3 N–H and O–H groups in total. The van der Waals surface area contributed by atoms with Crippen LogP contribution in [0.25, 0.3) is 11.3 Å². The Balaban J connectivity index is 0.976. The minimum absolute atomic E-state index is 0.100. The van der Waals surface area contributed by atoms with Crippen LogP contribution in [0, 0.1) is 16.7 Å². The number of rotatable bonds is 11. The zero-order valence-corrected chi connectivity index (χ0v) is 33.5. The quantitative estimate of drug-likeness (QED) is 0.187. The molecule has 3 aromatic heterocycles. The first-order valence-electron chi connectivity index (χ1n) is 19.8. The number of fused-ring (bicyclic) bond motifs is 3. The van der Waals surface area contributed by atoms with Gasteiger partial charge in [-0.3, -0.25) is 24.3 Å². The maximum Gasteiger partial charge on any atom is 0.293 e. The average molecular weight is 773 g/mol. The molecule has 0 saturated carbocycles. The fraction of sp³-hybridized carbons (Fsp3) is 0.465. The van der Waals surface area contributed by atoms with Crippen molar-refractivity contribution in [2.24, 2.45) is 12.5 Å². The molecule has 57 heavy (non-hydrogen) atoms. The maximum atomic E-state index is 13.9. The Kier molecular flexibility index (Phi) is 10.3. The van der Waals surface area contributed by atoms with Crippen LogP contribution in [-0.4, -0.2) is 104 Å². The van der Waals surface area contributed by atoms with Crippen molar-refractivity contribution < 1.29 is 14.6 Å². The maximum absolute atomic E-state index is 13.9. The second-order valence-electron chi connectivity index (χ2n) is 17.0. The van der Waals surface area contributed by atoms with Gasteiger partial charge in [0.2, 0.25) is 0 Å². The molecule has 3 aliphatic heterocycles. The third-order valence-electron chi connectivity index (χ3n) is 12.0. The molecule has 8 rings (SSSR count). The van der Waals surface area contributed by atoms with E-state index in [1.807, 2.05) is 30.3 Å². The van der Waals surface area contributed by atoms with Gasteiger partial charge < -0.3 is 29.6 Å². The Morgan fingerprint density at radius 1 is 1.07 bits per heavy atom. The summed E-state index contributed by atoms with van der Waals surface area (Å²) in [6, 6.07) is 14.2. The smallest absolute Gasteiger partial charge is 0.293 e. The number of nitrogens with zero attached hydrogens (tertiary/aromatic N) is 8. The van der Waals surface area contributed by atoms with E-state index in [1.165, 1.54) is 15.8 Å². The molecule has 2 saturated heterocycles. The predicted molar refractivity (Wildman–Crippen MR) is 220 cm³/mol. The number of benzene rings is 1. The van der Waals surface area contributed by atoms with Gasteiger partial charge in [0.25, 0.3) is 11.5 Å². The van der Waals surface area contributed by atoms with Gasteiger partial charge in [0.1, 0.15) is 11.5 Å². The number of pyridine rings is 1. The molecular formula is C43H52N10O4. The Morgan fingerprint density at radius 3 is 2.56 bits per heavy atom. The van der Waals surface area contributed by atoms with Crippen LogP contribution in [0.1, 0.15) is 55.0 Å². The Morgan fingerprint density at radius 2 is 1.84 bits per heavy atom. The van der Waals surface area contributed by atoms with Crippen molar-refractivity contribution in [3.63, 3.8) is 0 Å². The van der Waals surface area contributed by atoms with Crippen molar-refractivity contribution in [2.75, 3.05) is 68.0 Å². The molecule has 6 heterocycles. The molecule has 298 valence electrons. The molecular weight excluding hydrogens is 721 g/mol. The van der Waals surface area contributed by atoms with E-state index in [-0.39, 0.29) is 34.8 Å². The first-order chi connectivity index (χ1) is 27.3. The summed E-state index contributed by atoms with van der Waals surface area (Å²) in [5.74, 6) is 0.336. The lowest BCUT2D eigenvalue weighted by molar-refractivity contribution is -0.0816. The van der Waals surface area contributed by atoms with Gasteiger partial charge in [0.15, 0.2) is 5.82 Å². The molecule has 0 unspecified atom stereocenters. The topological polar surface area (TPSA) is 157 Å². The number of aliphatic hydroxyl groups is 1. The monoisotopic (exact) mass is 772 g/mol. The Labute approximate surface area is 333 Å². The summed E-state index contributed by atoms with van der Waals surface area (Å²) >= 11 is 0. The molecule has 1 aliphatic carbocycles. The van der Waals surface area contributed by atoms with E-state index in [0.29, 0.717) is 65.3 Å². The first kappa shape index (κ1) is 38.5. The normalized spacial score (nSPS) is 18.9. The molecule has 1 aromatic carbocycles. The summed E-state index contributed by atoms with van der Waals surface area (Å²) in [6.07, 6.45) is 7.17. The summed E-state index contributed by atoms with van der Waals surface area (Å²) in [7, 11) is 1.65. The van der Waals surface area contributed by atoms with Gasteiger partial charge in [0.05, 0.1) is 37.6 Å². The van der Waals surface area contributed by atoms with Crippen LogP contribution < -0.4 is 21.1 Å². The van der Waals surface area contributed by atoms with E-state index < -0.39 is 0 Å². The fourth-order valence-corrected chi connectivity index (χ4v) is 8.82. The number of amides is 1. The molecule has 0 atom stereocenters. The zero-order chi connectivity index (χ0) is 40.1. The number of hydrogen-bond acceptors (Lipinski definition) is 11. The van der Waals surface area contributed by atoms with Crippen molar-refractivity contribution in [3.8, 4) is 17.3 Å². The lowest BCUT2D eigenvalue weighted by atomic mass is 9.90. The summed E-state index contributed by atoms with van der Waals surface area (Å²) < 4.78 is 8.98. The van der Waals surface area contributed by atoms with E-state index in [9.17, 15) is 20.0 Å². The van der Waals surface area contributed by atoms with Gasteiger partial charge in [-0.15, -0.1) is 0 Å². The third-order valence-corrected chi connectivity index (χ3v) is 12.0. The highest BCUT2D eigenvalue weighted by Crippen LogP contribution is 2.40. The van der Waals surface area contributed by atoms with Gasteiger partial charge >= 0.3 is 0 Å². The van der Waals surface area contributed by atoms with Crippen LogP contribution in [0.5, 0.6) is 0 Å². The van der Waals surface area contributed by atoms with Crippen molar-refractivity contribution in [2.45, 2.75) is 65.3 Å². The van der Waals surface area contributed by atoms with Crippen LogP contribution >= 0.6 is 0 Å². The highest BCUT2D eigenvalue weighted by molar-refractivity contribution is 6.06. The third kappa shape index (κ3) is 7.60. The Bertz CT molecular complexity index is 2320. The predicted octanol–water partition coefficient (Wildman–Crippen LogP) is 4.32. The standard InChI is InChI=1S/C43H52N10O4/c1-42(2)20-29-17-36-40(55)53(16-15-52(36)37(29)21-42)39-34(25-54)33(9-10-45-39)35-24-49(5)41(56)38(48-35)47-31-8-6-7-30(18-31)46-23-28(22-44)19-43(3,4)51-13-11-50(12-14-51)32-26-57-27-32/h6-10,17-19,24,32,46,54H,11-16,20-21,23,25-27H2,1-5H3,(H,47,48)/b28-19+. The summed E-state index contributed by atoms with van der Waals surface area (Å²) in [4.78, 5) is 43.2. The second kappa shape index (κ2) is 15.2. The average Bonchev–Trinajstić information content (AvgIpc) is 3.66. The zero-order valence-electron chi connectivity index (χ0n) is 33.5. The van der Waals surface area contributed by atoms with E-state index in [2.05, 4.69) is 69.8 Å². The number of ether oxygens (including phenoxy) is 1. The lowest BCUT2D eigenvalue weighted by Crippen LogP contribution is -2.59. The van der Waals surface area contributed by atoms with Gasteiger partial charge in [-0.2, -0.15) is 5.26 Å². The molecule has 14 nitrogen and oxygen atoms in total. The molecule has 0 radical (unpaired) electrons. The molecule has 1 amide bonds. The molecule has 0 spiro atoms. The van der Waals surface area contributed by atoms with Crippen molar-refractivity contribution in [1.29, 1.82) is 5.26 Å². The molecule has 4 aromatic rings. The van der Waals surface area contributed by atoms with E-state index in [0.717, 1.165) is 57.9 Å². The minimum atomic E-state index is -0.377. The number of carbonyl (C=O) groups excluding carboxylic acids is 1. The highest BCUT2D eigenvalue weighted by atomic mass is 16.5. The van der Waals surface area contributed by atoms with Crippen LogP contribution in [0.15, 0.2) is 65.2 Å². The summed E-state index contributed by atoms with van der Waals surface area (Å²) in [5.41, 5.74) is 6.21. The van der Waals surface area contributed by atoms with Crippen LogP contribution in [0.2, 0.25) is 0 Å². The first-order valence-corrected chi connectivity index (χ1v) is 19.8. The van der Waals surface area contributed by atoms with E-state index in [1.54, 1.807) is 30.4 Å². The second-order valence-corrected chi connectivity index (χ2v) is 17.0. The highest BCUT2D eigenvalue weighted by Gasteiger charge is 2.38. The number of carbonyl (C=O) groups is 1. The van der Waals surface area contributed by atoms with Gasteiger partial charge in [-0.25, -0.2) is 9.97 Å². The van der Waals surface area contributed by atoms with Crippen LogP contribution in [0.4, 0.5) is 23.0 Å². The molecule has 14 heteroatoms. The van der Waals surface area contributed by atoms with E-state index >= 15 is 0 Å². The van der Waals surface area contributed by atoms with Crippen LogP contribution in [-0.2, 0) is 37.8 Å². The number of piperazine rings is 1. The van der Waals surface area contributed by atoms with Crippen LogP contribution in [0.3, 0.4) is 0 Å². The minimum Gasteiger partial charge on any atom is -0.392 e. The number of nitrogens with one attached hydrogen (secondary N) is 2. The fourth-order valence-electron chi connectivity index (χ4n) is 8.82. The number of aryl methyl sites for hydroxylation is 1. The summed E-state index contributed by atoms with van der Waals surface area (Å²) in [5, 5.41) is 27.4. The number of anilines is 4. The van der Waals surface area contributed by atoms with Gasteiger partial charge in [-0.05, 0) is 74.1 Å². The summed E-state index contributed by atoms with van der Waals surface area (Å²) in [6.45, 7) is 15.4. The van der Waals surface area contributed by atoms with E-state index in [4.69, 9.17) is 9.72 Å². The van der Waals surface area contributed by atoms with Gasteiger partial charge in [0, 0.05) is 105 Å². The molecule has 2 fully saturated rings. The lowest BCUT2D eigenvalue weighted by Gasteiger charge is -2.46. The molecule has 0 bridgehead atoms.